The second-order valence-electron chi connectivity index (χ2n) is 7.11. The highest BCUT2D eigenvalue weighted by Crippen LogP contribution is 2.37. The fourth-order valence-electron chi connectivity index (χ4n) is 2.87. The fourth-order valence-corrected chi connectivity index (χ4v) is 4.24. The summed E-state index contributed by atoms with van der Waals surface area (Å²) in [6, 6.07) is 13.1. The van der Waals surface area contributed by atoms with E-state index in [2.05, 4.69) is 42.4 Å². The zero-order valence-corrected chi connectivity index (χ0v) is 22.6. The lowest BCUT2D eigenvalue weighted by Crippen LogP contribution is -2.24. The number of methoxy groups -OCH3 is 2. The summed E-state index contributed by atoms with van der Waals surface area (Å²) in [5.41, 5.74) is 2.90. The molecule has 0 radical (unpaired) electrons. The maximum Gasteiger partial charge on any atom is 0.343 e. The van der Waals surface area contributed by atoms with Crippen LogP contribution in [0.25, 0.3) is 0 Å². The molecule has 0 saturated carbocycles. The third-order valence-corrected chi connectivity index (χ3v) is 5.84. The van der Waals surface area contributed by atoms with Crippen LogP contribution in [0.15, 0.2) is 68.6 Å². The molecule has 1 amide bonds. The number of ether oxygens (including phenoxy) is 4. The number of nitrogens with one attached hydrogen (secondary N) is 1. The van der Waals surface area contributed by atoms with Crippen molar-refractivity contribution in [3.05, 3.63) is 84.8 Å². The van der Waals surface area contributed by atoms with E-state index in [1.54, 1.807) is 24.3 Å². The summed E-state index contributed by atoms with van der Waals surface area (Å²) in [6.45, 7) is -0.290. The van der Waals surface area contributed by atoms with Gasteiger partial charge in [0.2, 0.25) is 0 Å². The first-order valence-electron chi connectivity index (χ1n) is 10.3. The van der Waals surface area contributed by atoms with Crippen LogP contribution in [0.3, 0.4) is 0 Å². The number of carbonyl (C=O) groups excluding carboxylic acids is 2. The molecule has 0 aromatic heterocycles. The van der Waals surface area contributed by atoms with Crippen LogP contribution >= 0.6 is 31.9 Å². The minimum Gasteiger partial charge on any atom is -0.497 e. The highest BCUT2D eigenvalue weighted by molar-refractivity contribution is 9.11. The molecular weight excluding hydrogens is 618 g/mol. The Morgan fingerprint density at radius 3 is 2.27 bits per heavy atom. The molecule has 0 aliphatic carbocycles. The lowest BCUT2D eigenvalue weighted by molar-refractivity contribution is -0.384. The molecule has 37 heavy (non-hydrogen) atoms. The van der Waals surface area contributed by atoms with Gasteiger partial charge in [-0.1, -0.05) is 0 Å². The van der Waals surface area contributed by atoms with Crippen LogP contribution in [-0.2, 0) is 4.79 Å². The largest absolute Gasteiger partial charge is 0.497 e. The summed E-state index contributed by atoms with van der Waals surface area (Å²) in [6.07, 6.45) is 1.38. The van der Waals surface area contributed by atoms with E-state index in [0.29, 0.717) is 26.0 Å². The Hall–Kier alpha value is -3.97. The number of rotatable bonds is 10. The molecule has 13 heteroatoms. The number of non-ortho nitro benzene ring substituents is 1. The Morgan fingerprint density at radius 2 is 1.68 bits per heavy atom. The van der Waals surface area contributed by atoms with Crippen LogP contribution in [0.4, 0.5) is 5.69 Å². The molecule has 3 aromatic carbocycles. The SMILES string of the molecule is COc1cc(Br)c(OCC(=O)N/N=C\c2ccc(OC(=O)c3ccc([N+](=O)[O-])cc3)c(OC)c2)c(Br)c1. The van der Waals surface area contributed by atoms with Crippen LogP contribution in [0.2, 0.25) is 0 Å². The molecule has 0 aliphatic heterocycles. The highest BCUT2D eigenvalue weighted by Gasteiger charge is 2.15. The van der Waals surface area contributed by atoms with E-state index in [1.165, 1.54) is 50.8 Å². The van der Waals surface area contributed by atoms with Gasteiger partial charge < -0.3 is 18.9 Å². The van der Waals surface area contributed by atoms with Gasteiger partial charge in [0.25, 0.3) is 11.6 Å². The van der Waals surface area contributed by atoms with Crippen molar-refractivity contribution in [3.8, 4) is 23.0 Å². The molecule has 3 rings (SSSR count). The minimum absolute atomic E-state index is 0.135. The average molecular weight is 637 g/mol. The Bertz CT molecular complexity index is 1320. The molecule has 1 N–H and O–H groups in total. The summed E-state index contributed by atoms with van der Waals surface area (Å²) >= 11 is 6.73. The minimum atomic E-state index is -0.711. The number of nitro benzene ring substituents is 1. The van der Waals surface area contributed by atoms with Gasteiger partial charge in [-0.3, -0.25) is 14.9 Å². The third kappa shape index (κ3) is 7.51. The predicted molar refractivity (Wildman–Crippen MR) is 141 cm³/mol. The van der Waals surface area contributed by atoms with E-state index < -0.39 is 16.8 Å². The molecule has 192 valence electrons. The van der Waals surface area contributed by atoms with Crippen molar-refractivity contribution >= 4 is 55.6 Å². The van der Waals surface area contributed by atoms with Crippen LogP contribution in [0, 0.1) is 10.1 Å². The Kier molecular flexibility index (Phi) is 9.57. The van der Waals surface area contributed by atoms with Crippen molar-refractivity contribution in [1.29, 1.82) is 0 Å². The molecule has 0 spiro atoms. The Balaban J connectivity index is 1.58. The van der Waals surface area contributed by atoms with Gasteiger partial charge in [-0.2, -0.15) is 5.10 Å². The van der Waals surface area contributed by atoms with E-state index in [4.69, 9.17) is 18.9 Å². The normalized spacial score (nSPS) is 10.6. The number of carbonyl (C=O) groups is 2. The third-order valence-electron chi connectivity index (χ3n) is 4.66. The molecule has 0 aliphatic rings. The van der Waals surface area contributed by atoms with Crippen molar-refractivity contribution in [1.82, 2.24) is 5.43 Å². The summed E-state index contributed by atoms with van der Waals surface area (Å²) < 4.78 is 22.5. The number of hydrogen-bond donors (Lipinski definition) is 1. The molecule has 11 nitrogen and oxygen atoms in total. The first-order valence-corrected chi connectivity index (χ1v) is 11.9. The van der Waals surface area contributed by atoms with E-state index in [0.717, 1.165) is 0 Å². The standard InChI is InChI=1S/C24H19Br2N3O8/c1-34-17-10-18(25)23(19(26)11-17)36-13-22(30)28-27-12-14-3-8-20(21(9-14)35-2)37-24(31)15-4-6-16(7-5-15)29(32)33/h3-12H,13H2,1-2H3,(H,28,30)/b27-12-. The van der Waals surface area contributed by atoms with Crippen LogP contribution in [-0.4, -0.2) is 43.8 Å². The zero-order chi connectivity index (χ0) is 26.9. The van der Waals surface area contributed by atoms with E-state index >= 15 is 0 Å². The average Bonchev–Trinajstić information content (AvgIpc) is 2.88. The van der Waals surface area contributed by atoms with Gasteiger partial charge in [0, 0.05) is 12.1 Å². The highest BCUT2D eigenvalue weighted by atomic mass is 79.9. The molecular formula is C24H19Br2N3O8. The number of hydrogen-bond acceptors (Lipinski definition) is 9. The van der Waals surface area contributed by atoms with Gasteiger partial charge in [0.05, 0.1) is 39.9 Å². The predicted octanol–water partition coefficient (Wildman–Crippen LogP) is 4.89. The molecule has 0 heterocycles. The van der Waals surface area contributed by atoms with Crippen molar-refractivity contribution in [3.63, 3.8) is 0 Å². The molecule has 0 bridgehead atoms. The molecule has 3 aromatic rings. The summed E-state index contributed by atoms with van der Waals surface area (Å²) in [5, 5.41) is 14.7. The van der Waals surface area contributed by atoms with Gasteiger partial charge >= 0.3 is 5.97 Å². The number of halogens is 2. The van der Waals surface area contributed by atoms with Crippen molar-refractivity contribution in [2.24, 2.45) is 5.10 Å². The summed E-state index contributed by atoms with van der Waals surface area (Å²) in [7, 11) is 2.94. The number of nitro groups is 1. The van der Waals surface area contributed by atoms with Crippen molar-refractivity contribution in [2.45, 2.75) is 0 Å². The smallest absolute Gasteiger partial charge is 0.343 e. The van der Waals surface area contributed by atoms with E-state index in [-0.39, 0.29) is 29.4 Å². The van der Waals surface area contributed by atoms with E-state index in [9.17, 15) is 19.7 Å². The first kappa shape index (κ1) is 27.6. The van der Waals surface area contributed by atoms with Gasteiger partial charge in [0.1, 0.15) is 11.5 Å². The van der Waals surface area contributed by atoms with Gasteiger partial charge in [-0.05, 0) is 79.9 Å². The molecule has 0 saturated heterocycles. The first-order chi connectivity index (χ1) is 17.7. The summed E-state index contributed by atoms with van der Waals surface area (Å²) in [5.74, 6) is 0.217. The molecule has 0 unspecified atom stereocenters. The topological polar surface area (TPSA) is 139 Å². The van der Waals surface area contributed by atoms with Crippen LogP contribution in [0.5, 0.6) is 23.0 Å². The fraction of sp³-hybridized carbons (Fsp3) is 0.125. The molecule has 0 fully saturated rings. The second kappa shape index (κ2) is 12.8. The lowest BCUT2D eigenvalue weighted by atomic mass is 10.2. The number of nitrogens with zero attached hydrogens (tertiary/aromatic N) is 2. The maximum atomic E-state index is 12.4. The monoisotopic (exact) mass is 635 g/mol. The Labute approximate surface area is 227 Å². The van der Waals surface area contributed by atoms with Crippen molar-refractivity contribution < 1.29 is 33.5 Å². The molecule has 0 atom stereocenters. The van der Waals surface area contributed by atoms with Crippen LogP contribution in [0.1, 0.15) is 15.9 Å². The van der Waals surface area contributed by atoms with Gasteiger partial charge in [0.15, 0.2) is 18.1 Å². The van der Waals surface area contributed by atoms with Crippen LogP contribution < -0.4 is 24.4 Å². The zero-order valence-electron chi connectivity index (χ0n) is 19.4. The Morgan fingerprint density at radius 1 is 1.00 bits per heavy atom. The quantitative estimate of drug-likeness (QED) is 0.109. The van der Waals surface area contributed by atoms with Crippen molar-refractivity contribution in [2.75, 3.05) is 20.8 Å². The number of benzene rings is 3. The van der Waals surface area contributed by atoms with E-state index in [1.807, 2.05) is 0 Å². The number of esters is 1. The number of amides is 1. The van der Waals surface area contributed by atoms with Gasteiger partial charge in [-0.15, -0.1) is 0 Å². The lowest BCUT2D eigenvalue weighted by Gasteiger charge is -2.11. The maximum absolute atomic E-state index is 12.4. The van der Waals surface area contributed by atoms with Gasteiger partial charge in [-0.25, -0.2) is 10.2 Å². The second-order valence-corrected chi connectivity index (χ2v) is 8.81. The number of hydrazone groups is 1. The summed E-state index contributed by atoms with van der Waals surface area (Å²) in [4.78, 5) is 34.7.